The third-order valence-corrected chi connectivity index (χ3v) is 7.06. The molecule has 0 aromatic carbocycles. The second-order valence-electron chi connectivity index (χ2n) is 8.52. The Bertz CT molecular complexity index is 761. The van der Waals surface area contributed by atoms with E-state index >= 15 is 0 Å². The molecule has 0 radical (unpaired) electrons. The van der Waals surface area contributed by atoms with Crippen molar-refractivity contribution in [3.8, 4) is 0 Å². The first-order chi connectivity index (χ1) is 12.5. The molecule has 6 heteroatoms. The Morgan fingerprint density at radius 1 is 1.12 bits per heavy atom. The number of likely N-dealkylation sites (N-methyl/N-ethyl adjacent to an activating group) is 1. The van der Waals surface area contributed by atoms with Gasteiger partial charge in [0.15, 0.2) is 0 Å². The van der Waals surface area contributed by atoms with Gasteiger partial charge in [-0.3, -0.25) is 0 Å². The zero-order chi connectivity index (χ0) is 18.1. The smallest absolute Gasteiger partial charge is 0.138 e. The molecule has 1 saturated heterocycles. The van der Waals surface area contributed by atoms with Gasteiger partial charge < -0.3 is 15.1 Å². The van der Waals surface area contributed by atoms with E-state index in [2.05, 4.69) is 46.0 Å². The maximum absolute atomic E-state index is 4.64. The first-order valence-corrected chi connectivity index (χ1v) is 10.8. The molecule has 1 N–H and O–H groups in total. The minimum atomic E-state index is 0.0219. The Morgan fingerprint density at radius 3 is 2.69 bits per heavy atom. The zero-order valence-electron chi connectivity index (χ0n) is 16.3. The summed E-state index contributed by atoms with van der Waals surface area (Å²) < 4.78 is 0. The van der Waals surface area contributed by atoms with Crippen LogP contribution < -0.4 is 5.32 Å². The molecule has 2 aromatic rings. The minimum absolute atomic E-state index is 0.0219. The van der Waals surface area contributed by atoms with Crippen LogP contribution in [0, 0.1) is 0 Å². The molecule has 1 fully saturated rings. The van der Waals surface area contributed by atoms with Gasteiger partial charge in [0.05, 0.1) is 5.39 Å². The summed E-state index contributed by atoms with van der Waals surface area (Å²) in [4.78, 5) is 16.9. The predicted octanol–water partition coefficient (Wildman–Crippen LogP) is 3.40. The molecule has 1 aliphatic heterocycles. The molecule has 0 saturated carbocycles. The van der Waals surface area contributed by atoms with Crippen LogP contribution in [0.1, 0.15) is 43.6 Å². The van der Waals surface area contributed by atoms with Crippen LogP contribution in [0.5, 0.6) is 0 Å². The summed E-state index contributed by atoms with van der Waals surface area (Å²) in [5.41, 5.74) is 1.53. The standard InChI is InChI=1S/C20H31N5S/c1-20(2,8-9-25-12-10-24(3)11-13-25)23-18-17-15-6-4-5-7-16(15)26-19(17)22-14-21-18/h14H,4-13H2,1-3H3,(H,21,22,23). The van der Waals surface area contributed by atoms with Gasteiger partial charge in [-0.15, -0.1) is 11.3 Å². The molecule has 26 heavy (non-hydrogen) atoms. The number of thiophene rings is 1. The number of hydrogen-bond acceptors (Lipinski definition) is 6. The second-order valence-corrected chi connectivity index (χ2v) is 9.60. The van der Waals surface area contributed by atoms with Crippen LogP contribution >= 0.6 is 11.3 Å². The molecular weight excluding hydrogens is 342 g/mol. The molecule has 0 atom stereocenters. The summed E-state index contributed by atoms with van der Waals surface area (Å²) in [6.45, 7) is 10.5. The van der Waals surface area contributed by atoms with E-state index in [1.165, 1.54) is 67.7 Å². The van der Waals surface area contributed by atoms with Crippen LogP contribution in [-0.4, -0.2) is 65.1 Å². The van der Waals surface area contributed by atoms with E-state index in [1.807, 2.05) is 11.3 Å². The summed E-state index contributed by atoms with van der Waals surface area (Å²) in [5.74, 6) is 1.04. The maximum atomic E-state index is 4.64. The lowest BCUT2D eigenvalue weighted by atomic mass is 9.96. The second kappa shape index (κ2) is 7.41. The first kappa shape index (κ1) is 18.1. The lowest BCUT2D eigenvalue weighted by Gasteiger charge is -2.35. The summed E-state index contributed by atoms with van der Waals surface area (Å²) >= 11 is 1.87. The average molecular weight is 374 g/mol. The van der Waals surface area contributed by atoms with Crippen LogP contribution in [0.3, 0.4) is 0 Å². The Labute approximate surface area is 160 Å². The van der Waals surface area contributed by atoms with Gasteiger partial charge in [-0.25, -0.2) is 9.97 Å². The van der Waals surface area contributed by atoms with Crippen LogP contribution in [0.4, 0.5) is 5.82 Å². The van der Waals surface area contributed by atoms with E-state index in [1.54, 1.807) is 6.33 Å². The van der Waals surface area contributed by atoms with Crippen LogP contribution in [0.2, 0.25) is 0 Å². The minimum Gasteiger partial charge on any atom is -0.364 e. The quantitative estimate of drug-likeness (QED) is 0.870. The monoisotopic (exact) mass is 373 g/mol. The van der Waals surface area contributed by atoms with E-state index in [0.29, 0.717) is 0 Å². The molecule has 2 aromatic heterocycles. The largest absolute Gasteiger partial charge is 0.364 e. The van der Waals surface area contributed by atoms with Gasteiger partial charge in [0.25, 0.3) is 0 Å². The molecule has 0 unspecified atom stereocenters. The molecule has 2 aliphatic rings. The highest BCUT2D eigenvalue weighted by Gasteiger charge is 2.25. The number of fused-ring (bicyclic) bond motifs is 3. The molecule has 0 spiro atoms. The number of aryl methyl sites for hydroxylation is 2. The highest BCUT2D eigenvalue weighted by Crippen LogP contribution is 2.38. The third kappa shape index (κ3) is 3.87. The fourth-order valence-corrected chi connectivity index (χ4v) is 5.31. The van der Waals surface area contributed by atoms with Crippen molar-refractivity contribution >= 4 is 27.4 Å². The van der Waals surface area contributed by atoms with Crippen LogP contribution in [0.15, 0.2) is 6.33 Å². The van der Waals surface area contributed by atoms with Crippen molar-refractivity contribution in [2.75, 3.05) is 45.1 Å². The third-order valence-electron chi connectivity index (χ3n) is 5.86. The van der Waals surface area contributed by atoms with Crippen molar-refractivity contribution < 1.29 is 0 Å². The Morgan fingerprint density at radius 2 is 1.88 bits per heavy atom. The Hall–Kier alpha value is -1.24. The van der Waals surface area contributed by atoms with Crippen molar-refractivity contribution in [2.24, 2.45) is 0 Å². The molecular formula is C20H31N5S. The van der Waals surface area contributed by atoms with Crippen LogP contribution in [0.25, 0.3) is 10.2 Å². The van der Waals surface area contributed by atoms with Crippen molar-refractivity contribution in [2.45, 2.75) is 51.5 Å². The maximum Gasteiger partial charge on any atom is 0.138 e. The van der Waals surface area contributed by atoms with Gasteiger partial charge in [0.1, 0.15) is 17.0 Å². The predicted molar refractivity (Wildman–Crippen MR) is 110 cm³/mol. The molecule has 3 heterocycles. The van der Waals surface area contributed by atoms with Crippen LogP contribution in [-0.2, 0) is 12.8 Å². The molecule has 1 aliphatic carbocycles. The van der Waals surface area contributed by atoms with Crippen molar-refractivity contribution in [3.63, 3.8) is 0 Å². The summed E-state index contributed by atoms with van der Waals surface area (Å²) in [5, 5.41) is 5.06. The van der Waals surface area contributed by atoms with Gasteiger partial charge in [-0.2, -0.15) is 0 Å². The lowest BCUT2D eigenvalue weighted by molar-refractivity contribution is 0.147. The molecule has 0 bridgehead atoms. The first-order valence-electron chi connectivity index (χ1n) is 9.96. The van der Waals surface area contributed by atoms with Crippen molar-refractivity contribution in [1.82, 2.24) is 19.8 Å². The highest BCUT2D eigenvalue weighted by atomic mass is 32.1. The number of piperazine rings is 1. The summed E-state index contributed by atoms with van der Waals surface area (Å²) in [7, 11) is 2.21. The highest BCUT2D eigenvalue weighted by molar-refractivity contribution is 7.19. The molecule has 142 valence electrons. The Balaban J connectivity index is 1.48. The molecule has 5 nitrogen and oxygen atoms in total. The van der Waals surface area contributed by atoms with E-state index in [4.69, 9.17) is 0 Å². The van der Waals surface area contributed by atoms with Gasteiger partial charge in [-0.1, -0.05) is 0 Å². The molecule has 0 amide bonds. The van der Waals surface area contributed by atoms with E-state index in [-0.39, 0.29) is 5.54 Å². The lowest BCUT2D eigenvalue weighted by Crippen LogP contribution is -2.46. The average Bonchev–Trinajstić information content (AvgIpc) is 3.01. The number of nitrogens with zero attached hydrogens (tertiary/aromatic N) is 4. The normalized spacial score (nSPS) is 19.7. The zero-order valence-corrected chi connectivity index (χ0v) is 17.2. The van der Waals surface area contributed by atoms with Crippen molar-refractivity contribution in [1.29, 1.82) is 0 Å². The van der Waals surface area contributed by atoms with E-state index < -0.39 is 0 Å². The summed E-state index contributed by atoms with van der Waals surface area (Å²) in [6, 6.07) is 0. The number of nitrogens with one attached hydrogen (secondary N) is 1. The topological polar surface area (TPSA) is 44.3 Å². The van der Waals surface area contributed by atoms with Gasteiger partial charge >= 0.3 is 0 Å². The number of hydrogen-bond donors (Lipinski definition) is 1. The summed E-state index contributed by atoms with van der Waals surface area (Å²) in [6.07, 6.45) is 7.84. The van der Waals surface area contributed by atoms with Crippen molar-refractivity contribution in [3.05, 3.63) is 16.8 Å². The fraction of sp³-hybridized carbons (Fsp3) is 0.700. The Kier molecular flexibility index (Phi) is 5.17. The van der Waals surface area contributed by atoms with E-state index in [0.717, 1.165) is 23.6 Å². The number of anilines is 1. The van der Waals surface area contributed by atoms with Gasteiger partial charge in [0, 0.05) is 43.1 Å². The fourth-order valence-electron chi connectivity index (χ4n) is 4.08. The SMILES string of the molecule is CN1CCN(CCC(C)(C)Nc2ncnc3sc4c(c23)CCCC4)CC1. The molecule has 4 rings (SSSR count). The van der Waals surface area contributed by atoms with Gasteiger partial charge in [0.2, 0.25) is 0 Å². The number of rotatable bonds is 5. The number of aromatic nitrogens is 2. The van der Waals surface area contributed by atoms with Gasteiger partial charge in [-0.05, 0) is 58.6 Å². The van der Waals surface area contributed by atoms with E-state index in [9.17, 15) is 0 Å².